The molecule has 0 radical (unpaired) electrons. The maximum absolute atomic E-state index is 12.3. The van der Waals surface area contributed by atoms with Crippen LogP contribution in [0.2, 0.25) is 0 Å². The van der Waals surface area contributed by atoms with Gasteiger partial charge in [0.15, 0.2) is 0 Å². The van der Waals surface area contributed by atoms with Gasteiger partial charge in [-0.1, -0.05) is 0 Å². The fourth-order valence-corrected chi connectivity index (χ4v) is 2.88. The van der Waals surface area contributed by atoms with Gasteiger partial charge in [0.25, 0.3) is 0 Å². The lowest BCUT2D eigenvalue weighted by atomic mass is 9.75. The number of hydrogen-bond acceptors (Lipinski definition) is 3. The monoisotopic (exact) mass is 239 g/mol. The second-order valence-corrected chi connectivity index (χ2v) is 7.14. The zero-order chi connectivity index (χ0) is 12.9. The standard InChI is InChI=1S/C14H25NO2/c1-12(2,3)17-11(16)13(4)8-9-15(5)14(10-13)6-7-14/h6-10H2,1-5H3. The Morgan fingerprint density at radius 2 is 1.82 bits per heavy atom. The molecule has 1 atom stereocenters. The van der Waals surface area contributed by atoms with Crippen LogP contribution in [0.4, 0.5) is 0 Å². The van der Waals surface area contributed by atoms with E-state index in [-0.39, 0.29) is 17.0 Å². The third-order valence-electron chi connectivity index (χ3n) is 4.25. The fraction of sp³-hybridized carbons (Fsp3) is 0.929. The number of nitrogens with zero attached hydrogens (tertiary/aromatic N) is 1. The van der Waals surface area contributed by atoms with Crippen LogP contribution in [0.1, 0.15) is 53.4 Å². The normalized spacial score (nSPS) is 32.5. The summed E-state index contributed by atoms with van der Waals surface area (Å²) < 4.78 is 5.58. The number of piperidine rings is 1. The van der Waals surface area contributed by atoms with Crippen molar-refractivity contribution in [2.75, 3.05) is 13.6 Å². The van der Waals surface area contributed by atoms with E-state index < -0.39 is 0 Å². The van der Waals surface area contributed by atoms with E-state index in [0.717, 1.165) is 19.4 Å². The smallest absolute Gasteiger partial charge is 0.312 e. The molecular formula is C14H25NO2. The van der Waals surface area contributed by atoms with Crippen LogP contribution in [0.3, 0.4) is 0 Å². The van der Waals surface area contributed by atoms with E-state index >= 15 is 0 Å². The van der Waals surface area contributed by atoms with E-state index in [2.05, 4.69) is 18.9 Å². The summed E-state index contributed by atoms with van der Waals surface area (Å²) in [4.78, 5) is 14.7. The first kappa shape index (κ1) is 12.9. The van der Waals surface area contributed by atoms with Crippen molar-refractivity contribution in [1.82, 2.24) is 4.90 Å². The lowest BCUT2D eigenvalue weighted by Gasteiger charge is -2.43. The van der Waals surface area contributed by atoms with Crippen LogP contribution in [-0.4, -0.2) is 35.6 Å². The van der Waals surface area contributed by atoms with Crippen LogP contribution >= 0.6 is 0 Å². The van der Waals surface area contributed by atoms with E-state index in [9.17, 15) is 4.79 Å². The van der Waals surface area contributed by atoms with Crippen LogP contribution in [0.15, 0.2) is 0 Å². The number of rotatable bonds is 1. The summed E-state index contributed by atoms with van der Waals surface area (Å²) in [5.41, 5.74) is -0.347. The Morgan fingerprint density at radius 3 is 2.29 bits per heavy atom. The van der Waals surface area contributed by atoms with Crippen LogP contribution in [-0.2, 0) is 9.53 Å². The van der Waals surface area contributed by atoms with E-state index in [1.54, 1.807) is 0 Å². The van der Waals surface area contributed by atoms with Crippen LogP contribution < -0.4 is 0 Å². The van der Waals surface area contributed by atoms with Crippen molar-refractivity contribution in [2.45, 2.75) is 64.5 Å². The highest BCUT2D eigenvalue weighted by Crippen LogP contribution is 2.53. The number of ether oxygens (including phenoxy) is 1. The van der Waals surface area contributed by atoms with Gasteiger partial charge in [0.1, 0.15) is 5.60 Å². The van der Waals surface area contributed by atoms with Gasteiger partial charge in [-0.2, -0.15) is 0 Å². The summed E-state index contributed by atoms with van der Waals surface area (Å²) in [5, 5.41) is 0. The molecule has 17 heavy (non-hydrogen) atoms. The SMILES string of the molecule is CN1CCC(C)(C(=O)OC(C)(C)C)CC12CC2. The second kappa shape index (κ2) is 3.71. The Kier molecular flexibility index (Phi) is 2.81. The van der Waals surface area contributed by atoms with Crippen molar-refractivity contribution in [1.29, 1.82) is 0 Å². The topological polar surface area (TPSA) is 29.5 Å². The molecule has 3 nitrogen and oxygen atoms in total. The molecule has 0 aromatic rings. The average Bonchev–Trinajstić information content (AvgIpc) is 2.91. The number of carbonyl (C=O) groups excluding carboxylic acids is 1. The summed E-state index contributed by atoms with van der Waals surface area (Å²) in [7, 11) is 2.18. The number of carbonyl (C=O) groups is 1. The fourth-order valence-electron chi connectivity index (χ4n) is 2.88. The van der Waals surface area contributed by atoms with Gasteiger partial charge in [-0.15, -0.1) is 0 Å². The third-order valence-corrected chi connectivity index (χ3v) is 4.25. The van der Waals surface area contributed by atoms with Gasteiger partial charge in [0.2, 0.25) is 0 Å². The van der Waals surface area contributed by atoms with Crippen LogP contribution in [0, 0.1) is 5.41 Å². The first-order valence-electron chi connectivity index (χ1n) is 6.62. The highest BCUT2D eigenvalue weighted by molar-refractivity contribution is 5.77. The van der Waals surface area contributed by atoms with Crippen molar-refractivity contribution in [3.05, 3.63) is 0 Å². The van der Waals surface area contributed by atoms with Crippen molar-refractivity contribution in [2.24, 2.45) is 5.41 Å². The average molecular weight is 239 g/mol. The van der Waals surface area contributed by atoms with Gasteiger partial charge < -0.3 is 9.64 Å². The third kappa shape index (κ3) is 2.49. The van der Waals surface area contributed by atoms with Crippen molar-refractivity contribution in [3.8, 4) is 0 Å². The molecular weight excluding hydrogens is 214 g/mol. The Balaban J connectivity index is 2.07. The summed E-state index contributed by atoms with van der Waals surface area (Å²) in [6, 6.07) is 0. The first-order valence-corrected chi connectivity index (χ1v) is 6.62. The molecule has 1 aliphatic heterocycles. The summed E-state index contributed by atoms with van der Waals surface area (Å²) in [5.74, 6) is -0.00984. The lowest BCUT2D eigenvalue weighted by molar-refractivity contribution is -0.171. The van der Waals surface area contributed by atoms with E-state index in [1.807, 2.05) is 20.8 Å². The van der Waals surface area contributed by atoms with Crippen molar-refractivity contribution < 1.29 is 9.53 Å². The predicted molar refractivity (Wildman–Crippen MR) is 67.8 cm³/mol. The van der Waals surface area contributed by atoms with Crippen molar-refractivity contribution >= 4 is 5.97 Å². The highest BCUT2D eigenvalue weighted by Gasteiger charge is 2.56. The molecule has 0 N–H and O–H groups in total. The van der Waals surface area contributed by atoms with Gasteiger partial charge in [-0.25, -0.2) is 0 Å². The maximum Gasteiger partial charge on any atom is 0.312 e. The molecule has 2 rings (SSSR count). The molecule has 1 saturated carbocycles. The number of esters is 1. The quantitative estimate of drug-likeness (QED) is 0.659. The Hall–Kier alpha value is -0.570. The maximum atomic E-state index is 12.3. The zero-order valence-electron chi connectivity index (χ0n) is 11.8. The van der Waals surface area contributed by atoms with Crippen LogP contribution in [0.5, 0.6) is 0 Å². The number of hydrogen-bond donors (Lipinski definition) is 0. The minimum Gasteiger partial charge on any atom is -0.460 e. The highest BCUT2D eigenvalue weighted by atomic mass is 16.6. The Bertz CT molecular complexity index is 328. The molecule has 0 aromatic carbocycles. The molecule has 0 amide bonds. The summed E-state index contributed by atoms with van der Waals surface area (Å²) >= 11 is 0. The molecule has 2 aliphatic rings. The first-order chi connectivity index (χ1) is 7.67. The lowest BCUT2D eigenvalue weighted by Crippen LogP contribution is -2.50. The molecule has 1 heterocycles. The molecule has 1 saturated heterocycles. The summed E-state index contributed by atoms with van der Waals surface area (Å²) in [6.45, 7) is 8.91. The van der Waals surface area contributed by atoms with Gasteiger partial charge in [-0.05, 0) is 67.0 Å². The van der Waals surface area contributed by atoms with E-state index in [4.69, 9.17) is 4.74 Å². The molecule has 1 aliphatic carbocycles. The molecule has 0 aromatic heterocycles. The second-order valence-electron chi connectivity index (χ2n) is 7.14. The van der Waals surface area contributed by atoms with Crippen molar-refractivity contribution in [3.63, 3.8) is 0 Å². The van der Waals surface area contributed by atoms with Crippen LogP contribution in [0.25, 0.3) is 0 Å². The molecule has 98 valence electrons. The minimum absolute atomic E-state index is 0.00984. The minimum atomic E-state index is -0.375. The summed E-state index contributed by atoms with van der Waals surface area (Å²) in [6.07, 6.45) is 4.36. The predicted octanol–water partition coefficient (Wildman–Crippen LogP) is 2.59. The Labute approximate surface area is 105 Å². The molecule has 3 heteroatoms. The zero-order valence-corrected chi connectivity index (χ0v) is 11.8. The van der Waals surface area contributed by atoms with E-state index in [0.29, 0.717) is 5.54 Å². The molecule has 1 unspecified atom stereocenters. The van der Waals surface area contributed by atoms with Gasteiger partial charge in [0.05, 0.1) is 5.41 Å². The Morgan fingerprint density at radius 1 is 1.24 bits per heavy atom. The van der Waals surface area contributed by atoms with Gasteiger partial charge in [-0.3, -0.25) is 4.79 Å². The molecule has 2 fully saturated rings. The van der Waals surface area contributed by atoms with Gasteiger partial charge >= 0.3 is 5.97 Å². The largest absolute Gasteiger partial charge is 0.460 e. The van der Waals surface area contributed by atoms with Gasteiger partial charge in [0, 0.05) is 5.54 Å². The van der Waals surface area contributed by atoms with E-state index in [1.165, 1.54) is 12.8 Å². The molecule has 0 bridgehead atoms. The molecule has 1 spiro atoms. The number of likely N-dealkylation sites (tertiary alicyclic amines) is 1.